The monoisotopic (exact) mass is 428 g/mol. The van der Waals surface area contributed by atoms with E-state index < -0.39 is 0 Å². The van der Waals surface area contributed by atoms with Crippen LogP contribution in [0.15, 0.2) is 24.8 Å². The Morgan fingerprint density at radius 3 is 1.90 bits per heavy atom. The topological polar surface area (TPSA) is 52.6 Å². The maximum atomic E-state index is 11.7. The molecule has 1 unspecified atom stereocenters. The van der Waals surface area contributed by atoms with Crippen LogP contribution in [0.5, 0.6) is 0 Å². The van der Waals surface area contributed by atoms with Crippen LogP contribution in [0.1, 0.15) is 85.5 Å². The summed E-state index contributed by atoms with van der Waals surface area (Å²) in [6.07, 6.45) is 12.3. The van der Waals surface area contributed by atoms with Gasteiger partial charge in [0.2, 0.25) is 0 Å². The molecule has 6 fully saturated rings. The van der Waals surface area contributed by atoms with E-state index in [-0.39, 0.29) is 29.1 Å². The Balaban J connectivity index is 0.000000150. The highest BCUT2D eigenvalue weighted by Gasteiger charge is 2.62. The number of carbonyl (C=O) groups is 2. The summed E-state index contributed by atoms with van der Waals surface area (Å²) in [5, 5.41) is 0. The summed E-state index contributed by atoms with van der Waals surface area (Å²) in [4.78, 5) is 23.0. The summed E-state index contributed by atoms with van der Waals surface area (Å²) in [6.45, 7) is 15.8. The standard InChI is InChI=1S/C14H20O2.C13H20O2/c1-9(2)13(15)16-14-6-10-3-11(7-14)5-12(4-10)8-14;1-5-11(14)15-10-8-9-6-7-13(10,4)12(9,2)3/h10-12H,1,3-8H2,2H3;5,9-10H,1,6-8H2,2-4H3/t;9-,10?,13-/m.1/s1. The predicted octanol–water partition coefficient (Wildman–Crippen LogP) is 6.00. The van der Waals surface area contributed by atoms with Gasteiger partial charge < -0.3 is 9.47 Å². The SMILES string of the molecule is C=C(C)C(=O)OC12CC3CC(CC(C3)C1)C2.C=CC(=O)OC1C[C@H]2CC[C@@]1(C)C2(C)C. The van der Waals surface area contributed by atoms with Crippen molar-refractivity contribution < 1.29 is 19.1 Å². The van der Waals surface area contributed by atoms with Crippen LogP contribution in [0.3, 0.4) is 0 Å². The highest BCUT2D eigenvalue weighted by atomic mass is 16.6. The number of esters is 2. The van der Waals surface area contributed by atoms with Gasteiger partial charge in [0.1, 0.15) is 11.7 Å². The number of rotatable bonds is 4. The van der Waals surface area contributed by atoms with E-state index in [1.54, 1.807) is 6.92 Å². The predicted molar refractivity (Wildman–Crippen MR) is 121 cm³/mol. The molecule has 6 aliphatic rings. The molecule has 0 N–H and O–H groups in total. The van der Waals surface area contributed by atoms with Gasteiger partial charge in [-0.2, -0.15) is 0 Å². The summed E-state index contributed by atoms with van der Waals surface area (Å²) >= 11 is 0. The molecule has 172 valence electrons. The minimum absolute atomic E-state index is 0.0942. The summed E-state index contributed by atoms with van der Waals surface area (Å²) in [7, 11) is 0. The molecule has 4 nitrogen and oxygen atoms in total. The molecule has 0 aromatic carbocycles. The highest BCUT2D eigenvalue weighted by Crippen LogP contribution is 2.66. The van der Waals surface area contributed by atoms with Crippen molar-refractivity contribution in [1.29, 1.82) is 0 Å². The summed E-state index contributed by atoms with van der Waals surface area (Å²) in [5.41, 5.74) is 0.899. The fourth-order valence-corrected chi connectivity index (χ4v) is 7.94. The van der Waals surface area contributed by atoms with E-state index in [1.165, 1.54) is 38.2 Å². The van der Waals surface area contributed by atoms with E-state index in [0.717, 1.165) is 43.4 Å². The zero-order chi connectivity index (χ0) is 22.6. The fraction of sp³-hybridized carbons (Fsp3) is 0.778. The van der Waals surface area contributed by atoms with Gasteiger partial charge in [0.05, 0.1) is 0 Å². The Labute approximate surface area is 187 Å². The van der Waals surface area contributed by atoms with Crippen LogP contribution in [0.25, 0.3) is 0 Å². The lowest BCUT2D eigenvalue weighted by atomic mass is 9.54. The van der Waals surface area contributed by atoms with Gasteiger partial charge in [-0.15, -0.1) is 0 Å². The second-order valence-corrected chi connectivity index (χ2v) is 12.0. The van der Waals surface area contributed by atoms with Crippen LogP contribution < -0.4 is 0 Å². The first-order chi connectivity index (χ1) is 14.5. The van der Waals surface area contributed by atoms with Crippen molar-refractivity contribution in [1.82, 2.24) is 0 Å². The Bertz CT molecular complexity index is 743. The molecule has 6 bridgehead atoms. The summed E-state index contributed by atoms with van der Waals surface area (Å²) in [5.74, 6) is 2.73. The maximum absolute atomic E-state index is 11.7. The highest BCUT2D eigenvalue weighted by molar-refractivity contribution is 5.87. The molecular formula is C27H40O4. The van der Waals surface area contributed by atoms with Crippen molar-refractivity contribution in [2.24, 2.45) is 34.5 Å². The molecule has 6 rings (SSSR count). The molecule has 6 aliphatic carbocycles. The van der Waals surface area contributed by atoms with Crippen molar-refractivity contribution in [2.75, 3.05) is 0 Å². The first kappa shape index (κ1) is 22.6. The molecule has 0 aliphatic heterocycles. The Morgan fingerprint density at radius 1 is 0.968 bits per heavy atom. The maximum Gasteiger partial charge on any atom is 0.333 e. The van der Waals surface area contributed by atoms with Gasteiger partial charge in [-0.25, -0.2) is 9.59 Å². The van der Waals surface area contributed by atoms with Crippen LogP contribution in [0.4, 0.5) is 0 Å². The molecule has 0 saturated heterocycles. The second kappa shape index (κ2) is 7.78. The van der Waals surface area contributed by atoms with Gasteiger partial charge in [-0.3, -0.25) is 0 Å². The van der Waals surface area contributed by atoms with Gasteiger partial charge in [0.25, 0.3) is 0 Å². The Hall–Kier alpha value is -1.58. The quantitative estimate of drug-likeness (QED) is 0.407. The zero-order valence-corrected chi connectivity index (χ0v) is 19.9. The number of fused-ring (bicyclic) bond motifs is 2. The fourth-order valence-electron chi connectivity index (χ4n) is 7.94. The van der Waals surface area contributed by atoms with Crippen LogP contribution >= 0.6 is 0 Å². The first-order valence-corrected chi connectivity index (χ1v) is 12.2. The molecule has 0 amide bonds. The Morgan fingerprint density at radius 2 is 1.52 bits per heavy atom. The molecular weight excluding hydrogens is 388 g/mol. The number of carbonyl (C=O) groups excluding carboxylic acids is 2. The first-order valence-electron chi connectivity index (χ1n) is 12.2. The normalized spacial score (nSPS) is 43.0. The van der Waals surface area contributed by atoms with Crippen LogP contribution in [0, 0.1) is 34.5 Å². The number of hydrogen-bond acceptors (Lipinski definition) is 4. The molecule has 0 aromatic rings. The third kappa shape index (κ3) is 3.89. The van der Waals surface area contributed by atoms with Crippen molar-refractivity contribution in [2.45, 2.75) is 97.2 Å². The van der Waals surface area contributed by atoms with E-state index in [1.807, 2.05) is 0 Å². The Kier molecular flexibility index (Phi) is 5.67. The van der Waals surface area contributed by atoms with Crippen molar-refractivity contribution in [3.63, 3.8) is 0 Å². The van der Waals surface area contributed by atoms with Gasteiger partial charge in [-0.05, 0) is 93.8 Å². The second-order valence-electron chi connectivity index (χ2n) is 12.0. The van der Waals surface area contributed by atoms with E-state index in [2.05, 4.69) is 33.9 Å². The summed E-state index contributed by atoms with van der Waals surface area (Å²) < 4.78 is 11.2. The molecule has 31 heavy (non-hydrogen) atoms. The smallest absolute Gasteiger partial charge is 0.333 e. The average molecular weight is 429 g/mol. The molecule has 0 aromatic heterocycles. The van der Waals surface area contributed by atoms with Gasteiger partial charge in [-0.1, -0.05) is 33.9 Å². The lowest BCUT2D eigenvalue weighted by Gasteiger charge is -2.55. The number of ether oxygens (including phenoxy) is 2. The molecule has 6 saturated carbocycles. The molecule has 4 heteroatoms. The lowest BCUT2D eigenvalue weighted by molar-refractivity contribution is -0.182. The molecule has 0 radical (unpaired) electrons. The zero-order valence-electron chi connectivity index (χ0n) is 19.9. The molecule has 0 spiro atoms. The van der Waals surface area contributed by atoms with E-state index >= 15 is 0 Å². The number of hydrogen-bond donors (Lipinski definition) is 0. The minimum Gasteiger partial charge on any atom is -0.459 e. The lowest BCUT2D eigenvalue weighted by Crippen LogP contribution is -2.52. The van der Waals surface area contributed by atoms with Crippen molar-refractivity contribution in [3.05, 3.63) is 24.8 Å². The van der Waals surface area contributed by atoms with Crippen LogP contribution in [-0.2, 0) is 19.1 Å². The average Bonchev–Trinajstić information content (AvgIpc) is 3.00. The molecule has 0 heterocycles. The summed E-state index contributed by atoms with van der Waals surface area (Å²) in [6, 6.07) is 0. The van der Waals surface area contributed by atoms with Crippen LogP contribution in [0.2, 0.25) is 0 Å². The van der Waals surface area contributed by atoms with Crippen molar-refractivity contribution >= 4 is 11.9 Å². The van der Waals surface area contributed by atoms with Crippen LogP contribution in [-0.4, -0.2) is 23.6 Å². The van der Waals surface area contributed by atoms with Gasteiger partial charge >= 0.3 is 11.9 Å². The minimum atomic E-state index is -0.274. The third-order valence-corrected chi connectivity index (χ3v) is 9.78. The van der Waals surface area contributed by atoms with Gasteiger partial charge in [0, 0.05) is 17.1 Å². The largest absolute Gasteiger partial charge is 0.459 e. The van der Waals surface area contributed by atoms with E-state index in [0.29, 0.717) is 16.9 Å². The molecule has 3 atom stereocenters. The third-order valence-electron chi connectivity index (χ3n) is 9.78. The van der Waals surface area contributed by atoms with E-state index in [9.17, 15) is 9.59 Å². The van der Waals surface area contributed by atoms with E-state index in [4.69, 9.17) is 9.47 Å². The van der Waals surface area contributed by atoms with Gasteiger partial charge in [0.15, 0.2) is 0 Å². The van der Waals surface area contributed by atoms with Crippen molar-refractivity contribution in [3.8, 4) is 0 Å².